The Morgan fingerprint density at radius 3 is 2.66 bits per heavy atom. The number of rotatable bonds is 5. The van der Waals surface area contributed by atoms with Crippen LogP contribution < -0.4 is 10.6 Å². The average molecular weight is 454 g/mol. The van der Waals surface area contributed by atoms with Crippen molar-refractivity contribution in [1.29, 1.82) is 0 Å². The first-order valence-corrected chi connectivity index (χ1v) is 11.2. The van der Waals surface area contributed by atoms with Gasteiger partial charge in [-0.3, -0.25) is 14.1 Å². The maximum absolute atomic E-state index is 13.5. The van der Waals surface area contributed by atoms with Gasteiger partial charge in [0.15, 0.2) is 4.96 Å². The largest absolute Gasteiger partial charge is 0.321 e. The summed E-state index contributed by atoms with van der Waals surface area (Å²) in [6.07, 6.45) is 1.97. The van der Waals surface area contributed by atoms with E-state index in [1.807, 2.05) is 18.3 Å². The number of nitrogens with one attached hydrogen (secondary N) is 2. The van der Waals surface area contributed by atoms with Crippen LogP contribution in [-0.2, 0) is 6.54 Å². The summed E-state index contributed by atoms with van der Waals surface area (Å²) in [7, 11) is 0. The van der Waals surface area contributed by atoms with Gasteiger partial charge in [-0.1, -0.05) is 18.2 Å². The van der Waals surface area contributed by atoms with Gasteiger partial charge in [0, 0.05) is 67.2 Å². The Hall–Kier alpha value is -3.14. The summed E-state index contributed by atoms with van der Waals surface area (Å²) in [5, 5.41) is 8.25. The molecular weight excluding hydrogens is 432 g/mol. The summed E-state index contributed by atoms with van der Waals surface area (Å²) in [6, 6.07) is 10.0. The number of carbonyl (C=O) groups excluding carboxylic acids is 1. The molecule has 1 aliphatic rings. The highest BCUT2D eigenvalue weighted by molar-refractivity contribution is 7.15. The lowest BCUT2D eigenvalue weighted by molar-refractivity contribution is 0.102. The number of aromatic nitrogens is 2. The highest BCUT2D eigenvalue weighted by Crippen LogP contribution is 2.30. The van der Waals surface area contributed by atoms with E-state index in [1.165, 1.54) is 5.69 Å². The smallest absolute Gasteiger partial charge is 0.255 e. The number of amides is 1. The zero-order valence-corrected chi connectivity index (χ0v) is 18.0. The minimum absolute atomic E-state index is 0.0820. The van der Waals surface area contributed by atoms with Crippen LogP contribution in [0.3, 0.4) is 0 Å². The van der Waals surface area contributed by atoms with Crippen molar-refractivity contribution in [2.45, 2.75) is 6.54 Å². The van der Waals surface area contributed by atoms with Crippen LogP contribution in [0, 0.1) is 11.6 Å². The lowest BCUT2D eigenvalue weighted by atomic mass is 10.1. The number of piperazine rings is 1. The van der Waals surface area contributed by atoms with E-state index >= 15 is 0 Å². The van der Waals surface area contributed by atoms with E-state index in [1.54, 1.807) is 23.5 Å². The molecule has 2 N–H and O–H groups in total. The van der Waals surface area contributed by atoms with Gasteiger partial charge in [0.1, 0.15) is 11.6 Å². The molecule has 1 aliphatic heterocycles. The minimum Gasteiger partial charge on any atom is -0.321 e. The summed E-state index contributed by atoms with van der Waals surface area (Å²) in [5.41, 5.74) is 3.07. The maximum atomic E-state index is 13.5. The predicted octanol–water partition coefficient (Wildman–Crippen LogP) is 4.00. The number of halogens is 2. The molecule has 0 radical (unpaired) electrons. The molecule has 6 nitrogen and oxygen atoms in total. The van der Waals surface area contributed by atoms with Crippen molar-refractivity contribution < 1.29 is 13.6 Å². The summed E-state index contributed by atoms with van der Waals surface area (Å²) < 4.78 is 29.1. The first-order chi connectivity index (χ1) is 15.6. The fourth-order valence-electron chi connectivity index (χ4n) is 3.87. The third-order valence-electron chi connectivity index (χ3n) is 5.45. The number of para-hydroxylation sites is 1. The summed E-state index contributed by atoms with van der Waals surface area (Å²) >= 11 is 1.58. The Kier molecular flexibility index (Phi) is 5.69. The summed E-state index contributed by atoms with van der Waals surface area (Å²) in [4.78, 5) is 20.6. The summed E-state index contributed by atoms with van der Waals surface area (Å²) in [6.45, 7) is 4.85. The van der Waals surface area contributed by atoms with E-state index in [-0.39, 0.29) is 5.56 Å². The number of benzene rings is 2. The number of thiazole rings is 1. The van der Waals surface area contributed by atoms with Crippen LogP contribution in [0.4, 0.5) is 14.5 Å². The van der Waals surface area contributed by atoms with Crippen molar-refractivity contribution in [2.75, 3.05) is 31.5 Å². The molecular formula is C23H21F2N5OS. The molecule has 3 heterocycles. The van der Waals surface area contributed by atoms with Crippen molar-refractivity contribution >= 4 is 27.9 Å². The highest BCUT2D eigenvalue weighted by Gasteiger charge is 2.17. The molecule has 1 saturated heterocycles. The fourth-order valence-corrected chi connectivity index (χ4v) is 4.73. The van der Waals surface area contributed by atoms with Crippen LogP contribution >= 0.6 is 11.3 Å². The van der Waals surface area contributed by atoms with Gasteiger partial charge in [-0.25, -0.2) is 13.8 Å². The lowest BCUT2D eigenvalue weighted by Gasteiger charge is -2.26. The third-order valence-corrected chi connectivity index (χ3v) is 6.34. The van der Waals surface area contributed by atoms with Gasteiger partial charge in [-0.2, -0.15) is 0 Å². The molecule has 0 bridgehead atoms. The molecule has 4 aromatic rings. The van der Waals surface area contributed by atoms with E-state index < -0.39 is 17.5 Å². The second-order valence-electron chi connectivity index (χ2n) is 7.69. The Balaban J connectivity index is 1.42. The molecule has 32 heavy (non-hydrogen) atoms. The van der Waals surface area contributed by atoms with Crippen LogP contribution in [-0.4, -0.2) is 46.4 Å². The van der Waals surface area contributed by atoms with Crippen LogP contribution in [0.15, 0.2) is 54.0 Å². The first kappa shape index (κ1) is 20.7. The summed E-state index contributed by atoms with van der Waals surface area (Å²) in [5.74, 6) is -2.18. The molecule has 1 fully saturated rings. The van der Waals surface area contributed by atoms with Gasteiger partial charge in [-0.15, -0.1) is 11.3 Å². The van der Waals surface area contributed by atoms with E-state index in [4.69, 9.17) is 4.98 Å². The molecule has 0 spiro atoms. The number of anilines is 1. The standard InChI is InChI=1S/C23H21F2N5OS/c24-16-9-15(10-17(25)11-16)22(31)27-20-4-2-1-3-19(20)21-13-30-18(14-32-23(30)28-21)12-29-7-5-26-6-8-29/h1-4,9-11,13-14,26H,5-8,12H2,(H,27,31). The first-order valence-electron chi connectivity index (χ1n) is 10.3. The Morgan fingerprint density at radius 2 is 1.88 bits per heavy atom. The Labute approximate surface area is 187 Å². The zero-order chi connectivity index (χ0) is 22.1. The molecule has 5 rings (SSSR count). The minimum atomic E-state index is -0.796. The van der Waals surface area contributed by atoms with Crippen molar-refractivity contribution in [3.63, 3.8) is 0 Å². The second-order valence-corrected chi connectivity index (χ2v) is 8.53. The van der Waals surface area contributed by atoms with E-state index in [2.05, 4.69) is 25.3 Å². The lowest BCUT2D eigenvalue weighted by Crippen LogP contribution is -2.43. The van der Waals surface area contributed by atoms with Gasteiger partial charge in [0.2, 0.25) is 0 Å². The van der Waals surface area contributed by atoms with Gasteiger partial charge < -0.3 is 10.6 Å². The van der Waals surface area contributed by atoms with Gasteiger partial charge >= 0.3 is 0 Å². The Bertz CT molecular complexity index is 1260. The molecule has 164 valence electrons. The quantitative estimate of drug-likeness (QED) is 0.480. The number of carbonyl (C=O) groups is 1. The molecule has 2 aromatic heterocycles. The average Bonchev–Trinajstić information content (AvgIpc) is 3.36. The monoisotopic (exact) mass is 453 g/mol. The van der Waals surface area contributed by atoms with E-state index in [0.717, 1.165) is 67.1 Å². The number of imidazole rings is 1. The second kappa shape index (κ2) is 8.78. The number of nitrogens with zero attached hydrogens (tertiary/aromatic N) is 3. The van der Waals surface area contributed by atoms with Gasteiger partial charge in [-0.05, 0) is 18.2 Å². The van der Waals surface area contributed by atoms with Crippen LogP contribution in [0.25, 0.3) is 16.2 Å². The van der Waals surface area contributed by atoms with E-state index in [0.29, 0.717) is 5.69 Å². The molecule has 0 aliphatic carbocycles. The zero-order valence-electron chi connectivity index (χ0n) is 17.1. The molecule has 1 amide bonds. The number of hydrogen-bond acceptors (Lipinski definition) is 5. The maximum Gasteiger partial charge on any atom is 0.255 e. The van der Waals surface area contributed by atoms with Crippen molar-refractivity contribution in [1.82, 2.24) is 19.6 Å². The van der Waals surface area contributed by atoms with Crippen molar-refractivity contribution in [3.05, 3.63) is 76.9 Å². The topological polar surface area (TPSA) is 61.7 Å². The fraction of sp³-hybridized carbons (Fsp3) is 0.217. The number of fused-ring (bicyclic) bond motifs is 1. The third kappa shape index (κ3) is 4.27. The highest BCUT2D eigenvalue weighted by atomic mass is 32.1. The van der Waals surface area contributed by atoms with Crippen LogP contribution in [0.2, 0.25) is 0 Å². The van der Waals surface area contributed by atoms with Gasteiger partial charge in [0.25, 0.3) is 5.91 Å². The van der Waals surface area contributed by atoms with Crippen molar-refractivity contribution in [2.24, 2.45) is 0 Å². The molecule has 2 aromatic carbocycles. The van der Waals surface area contributed by atoms with Crippen LogP contribution in [0.5, 0.6) is 0 Å². The molecule has 9 heteroatoms. The van der Waals surface area contributed by atoms with Gasteiger partial charge in [0.05, 0.1) is 11.4 Å². The molecule has 0 saturated carbocycles. The molecule has 0 unspecified atom stereocenters. The van der Waals surface area contributed by atoms with E-state index in [9.17, 15) is 13.6 Å². The predicted molar refractivity (Wildman–Crippen MR) is 121 cm³/mol. The molecule has 0 atom stereocenters. The van der Waals surface area contributed by atoms with Crippen molar-refractivity contribution in [3.8, 4) is 11.3 Å². The van der Waals surface area contributed by atoms with Crippen LogP contribution in [0.1, 0.15) is 16.1 Å². The number of hydrogen-bond donors (Lipinski definition) is 2. The Morgan fingerprint density at radius 1 is 1.12 bits per heavy atom. The SMILES string of the molecule is O=C(Nc1ccccc1-c1cn2c(CN3CCNCC3)csc2n1)c1cc(F)cc(F)c1. The normalized spacial score (nSPS) is 14.7.